The summed E-state index contributed by atoms with van der Waals surface area (Å²) in [7, 11) is 0. The predicted molar refractivity (Wildman–Crippen MR) is 81.5 cm³/mol. The van der Waals surface area contributed by atoms with Crippen molar-refractivity contribution in [2.45, 2.75) is 6.42 Å². The lowest BCUT2D eigenvalue weighted by atomic mass is 9.95. The van der Waals surface area contributed by atoms with Crippen molar-refractivity contribution in [3.63, 3.8) is 0 Å². The van der Waals surface area contributed by atoms with Gasteiger partial charge in [0.1, 0.15) is 0 Å². The molecule has 0 atom stereocenters. The quantitative estimate of drug-likeness (QED) is 0.686. The third kappa shape index (κ3) is 2.24. The monoisotopic (exact) mass is 278 g/mol. The third-order valence-electron chi connectivity index (χ3n) is 3.24. The van der Waals surface area contributed by atoms with Crippen LogP contribution in [0.4, 0.5) is 0 Å². The van der Waals surface area contributed by atoms with Gasteiger partial charge in [0.05, 0.1) is 18.0 Å². The summed E-state index contributed by atoms with van der Waals surface area (Å²) in [6, 6.07) is 17.9. The van der Waals surface area contributed by atoms with Crippen LogP contribution in [0.15, 0.2) is 54.7 Å². The molecule has 0 fully saturated rings. The van der Waals surface area contributed by atoms with Crippen LogP contribution in [-0.4, -0.2) is 4.98 Å². The molecule has 0 unspecified atom stereocenters. The molecule has 3 rings (SSSR count). The van der Waals surface area contributed by atoms with E-state index in [0.717, 1.165) is 27.6 Å². The lowest BCUT2D eigenvalue weighted by molar-refractivity contribution is 1.22. The highest BCUT2D eigenvalue weighted by Gasteiger charge is 2.11. The summed E-state index contributed by atoms with van der Waals surface area (Å²) in [5, 5.41) is 10.7. The van der Waals surface area contributed by atoms with Crippen LogP contribution >= 0.6 is 11.6 Å². The van der Waals surface area contributed by atoms with Gasteiger partial charge in [-0.2, -0.15) is 5.26 Å². The van der Waals surface area contributed by atoms with Gasteiger partial charge in [0.15, 0.2) is 0 Å². The van der Waals surface area contributed by atoms with Crippen LogP contribution in [0.3, 0.4) is 0 Å². The summed E-state index contributed by atoms with van der Waals surface area (Å²) in [6.45, 7) is 0. The average molecular weight is 279 g/mol. The van der Waals surface area contributed by atoms with E-state index in [1.807, 2.05) is 48.5 Å². The molecule has 0 aliphatic heterocycles. The van der Waals surface area contributed by atoms with Crippen LogP contribution < -0.4 is 0 Å². The molecule has 0 radical (unpaired) electrons. The Morgan fingerprint density at radius 3 is 2.65 bits per heavy atom. The second kappa shape index (κ2) is 5.32. The van der Waals surface area contributed by atoms with E-state index in [0.29, 0.717) is 11.4 Å². The SMILES string of the molecule is N#CCc1cnc2ccc(Cl)cc2c1-c1ccccc1. The van der Waals surface area contributed by atoms with Crippen molar-refractivity contribution in [2.75, 3.05) is 0 Å². The molecule has 0 aliphatic rings. The molecule has 3 aromatic rings. The summed E-state index contributed by atoms with van der Waals surface area (Å²) in [4.78, 5) is 4.42. The van der Waals surface area contributed by atoms with E-state index in [4.69, 9.17) is 16.9 Å². The minimum Gasteiger partial charge on any atom is -0.256 e. The van der Waals surface area contributed by atoms with Gasteiger partial charge in [-0.25, -0.2) is 0 Å². The van der Waals surface area contributed by atoms with Crippen LogP contribution in [0.2, 0.25) is 5.02 Å². The van der Waals surface area contributed by atoms with E-state index in [2.05, 4.69) is 11.1 Å². The largest absolute Gasteiger partial charge is 0.256 e. The normalized spacial score (nSPS) is 10.4. The van der Waals surface area contributed by atoms with Crippen LogP contribution in [-0.2, 0) is 6.42 Å². The maximum absolute atomic E-state index is 9.01. The van der Waals surface area contributed by atoms with E-state index in [1.165, 1.54) is 0 Å². The van der Waals surface area contributed by atoms with Gasteiger partial charge in [-0.15, -0.1) is 0 Å². The molecule has 20 heavy (non-hydrogen) atoms. The summed E-state index contributed by atoms with van der Waals surface area (Å²) < 4.78 is 0. The van der Waals surface area contributed by atoms with Gasteiger partial charge < -0.3 is 0 Å². The number of hydrogen-bond acceptors (Lipinski definition) is 2. The molecular weight excluding hydrogens is 268 g/mol. The average Bonchev–Trinajstić information content (AvgIpc) is 2.48. The molecule has 2 nitrogen and oxygen atoms in total. The smallest absolute Gasteiger partial charge is 0.0709 e. The Morgan fingerprint density at radius 1 is 1.10 bits per heavy atom. The van der Waals surface area contributed by atoms with Gasteiger partial charge in [0.2, 0.25) is 0 Å². The first-order valence-corrected chi connectivity index (χ1v) is 6.67. The molecule has 1 aromatic heterocycles. The van der Waals surface area contributed by atoms with Crippen molar-refractivity contribution in [3.8, 4) is 17.2 Å². The number of fused-ring (bicyclic) bond motifs is 1. The second-order valence-corrected chi connectivity index (χ2v) is 4.96. The molecule has 0 amide bonds. The maximum atomic E-state index is 9.01. The summed E-state index contributed by atoms with van der Waals surface area (Å²) in [6.07, 6.45) is 2.11. The molecule has 0 saturated carbocycles. The zero-order valence-electron chi connectivity index (χ0n) is 10.7. The van der Waals surface area contributed by atoms with Crippen molar-refractivity contribution in [2.24, 2.45) is 0 Å². The first-order chi connectivity index (χ1) is 9.79. The Labute approximate surface area is 122 Å². The van der Waals surface area contributed by atoms with Gasteiger partial charge in [0, 0.05) is 16.6 Å². The van der Waals surface area contributed by atoms with Gasteiger partial charge in [-0.05, 0) is 34.9 Å². The van der Waals surface area contributed by atoms with Gasteiger partial charge >= 0.3 is 0 Å². The lowest BCUT2D eigenvalue weighted by Crippen LogP contribution is -1.93. The molecule has 0 spiro atoms. The molecule has 3 heteroatoms. The molecule has 0 aliphatic carbocycles. The van der Waals surface area contributed by atoms with Crippen molar-refractivity contribution < 1.29 is 0 Å². The van der Waals surface area contributed by atoms with Gasteiger partial charge in [-0.1, -0.05) is 41.9 Å². The number of halogens is 1. The van der Waals surface area contributed by atoms with Crippen molar-refractivity contribution in [1.29, 1.82) is 5.26 Å². The second-order valence-electron chi connectivity index (χ2n) is 4.52. The van der Waals surface area contributed by atoms with Crippen molar-refractivity contribution >= 4 is 22.5 Å². The molecule has 0 N–H and O–H groups in total. The number of aromatic nitrogens is 1. The first-order valence-electron chi connectivity index (χ1n) is 6.29. The predicted octanol–water partition coefficient (Wildman–Crippen LogP) is 4.62. The first kappa shape index (κ1) is 12.7. The highest BCUT2D eigenvalue weighted by atomic mass is 35.5. The summed E-state index contributed by atoms with van der Waals surface area (Å²) in [5.74, 6) is 0. The van der Waals surface area contributed by atoms with Crippen LogP contribution in [0.1, 0.15) is 5.56 Å². The van der Waals surface area contributed by atoms with Crippen LogP contribution in [0.5, 0.6) is 0 Å². The van der Waals surface area contributed by atoms with Crippen molar-refractivity contribution in [1.82, 2.24) is 4.98 Å². The summed E-state index contributed by atoms with van der Waals surface area (Å²) >= 11 is 6.11. The van der Waals surface area contributed by atoms with E-state index in [-0.39, 0.29) is 0 Å². The Hall–Kier alpha value is -2.37. The van der Waals surface area contributed by atoms with Crippen LogP contribution in [0, 0.1) is 11.3 Å². The Balaban J connectivity index is 2.38. The fourth-order valence-electron chi connectivity index (χ4n) is 2.37. The number of benzene rings is 2. The fourth-order valence-corrected chi connectivity index (χ4v) is 2.54. The molecular formula is C17H11ClN2. The number of pyridine rings is 1. The Morgan fingerprint density at radius 2 is 1.90 bits per heavy atom. The van der Waals surface area contributed by atoms with E-state index in [1.54, 1.807) is 6.20 Å². The molecule has 0 bridgehead atoms. The minimum atomic E-state index is 0.333. The maximum Gasteiger partial charge on any atom is 0.0709 e. The van der Waals surface area contributed by atoms with E-state index >= 15 is 0 Å². The Kier molecular flexibility index (Phi) is 3.37. The number of hydrogen-bond donors (Lipinski definition) is 0. The standard InChI is InChI=1S/C17H11ClN2/c18-14-6-7-16-15(10-14)17(12-4-2-1-3-5-12)13(8-9-19)11-20-16/h1-7,10-11H,8H2. The molecule has 1 heterocycles. The topological polar surface area (TPSA) is 36.7 Å². The third-order valence-corrected chi connectivity index (χ3v) is 3.48. The van der Waals surface area contributed by atoms with E-state index < -0.39 is 0 Å². The molecule has 96 valence electrons. The van der Waals surface area contributed by atoms with Crippen LogP contribution in [0.25, 0.3) is 22.0 Å². The molecule has 0 saturated heterocycles. The number of rotatable bonds is 2. The molecule has 2 aromatic carbocycles. The minimum absolute atomic E-state index is 0.333. The van der Waals surface area contributed by atoms with Gasteiger partial charge in [-0.3, -0.25) is 4.98 Å². The zero-order chi connectivity index (χ0) is 13.9. The van der Waals surface area contributed by atoms with E-state index in [9.17, 15) is 0 Å². The summed E-state index contributed by atoms with van der Waals surface area (Å²) in [5.41, 5.74) is 3.93. The van der Waals surface area contributed by atoms with Crippen molar-refractivity contribution in [3.05, 3.63) is 65.3 Å². The number of nitrogens with zero attached hydrogens (tertiary/aromatic N) is 2. The lowest BCUT2D eigenvalue weighted by Gasteiger charge is -2.11. The van der Waals surface area contributed by atoms with Gasteiger partial charge in [0.25, 0.3) is 0 Å². The number of nitriles is 1. The zero-order valence-corrected chi connectivity index (χ0v) is 11.4. The Bertz CT molecular complexity index is 804. The highest BCUT2D eigenvalue weighted by Crippen LogP contribution is 2.32. The fraction of sp³-hybridized carbons (Fsp3) is 0.0588. The highest BCUT2D eigenvalue weighted by molar-refractivity contribution is 6.31.